The predicted molar refractivity (Wildman–Crippen MR) is 196 cm³/mol. The van der Waals surface area contributed by atoms with Crippen molar-refractivity contribution in [1.82, 2.24) is 20.2 Å². The summed E-state index contributed by atoms with van der Waals surface area (Å²) in [6.07, 6.45) is 10.00. The Kier molecular flexibility index (Phi) is 31.4. The fourth-order valence-electron chi connectivity index (χ4n) is 3.56. The van der Waals surface area contributed by atoms with Crippen LogP contribution in [0.4, 0.5) is 10.6 Å². The third-order valence-corrected chi connectivity index (χ3v) is 6.46. The summed E-state index contributed by atoms with van der Waals surface area (Å²) >= 11 is 0. The fourth-order valence-corrected chi connectivity index (χ4v) is 3.56. The van der Waals surface area contributed by atoms with Crippen molar-refractivity contribution in [3.63, 3.8) is 0 Å². The molecule has 0 radical (unpaired) electrons. The zero-order valence-corrected chi connectivity index (χ0v) is 32.3. The number of hydrogen-bond donors (Lipinski definition) is 4. The number of esters is 1. The lowest BCUT2D eigenvalue weighted by atomic mass is 10.1. The van der Waals surface area contributed by atoms with Crippen molar-refractivity contribution >= 4 is 30.2 Å². The number of amides is 3. The maximum atomic E-state index is 11.4. The van der Waals surface area contributed by atoms with Crippen LogP contribution >= 0.6 is 0 Å². The van der Waals surface area contributed by atoms with Crippen molar-refractivity contribution in [3.8, 4) is 0 Å². The third-order valence-electron chi connectivity index (χ3n) is 6.46. The quantitative estimate of drug-likeness (QED) is 0.112. The molecule has 0 aliphatic carbocycles. The highest BCUT2D eigenvalue weighted by Crippen LogP contribution is 2.28. The Morgan fingerprint density at radius 1 is 1.06 bits per heavy atom. The maximum Gasteiger partial charge on any atom is 0.414 e. The Bertz CT molecular complexity index is 1090. The number of ether oxygens (including phenoxy) is 5. The van der Waals surface area contributed by atoms with Crippen LogP contribution in [0.5, 0.6) is 0 Å². The molecule has 4 heterocycles. The normalized spacial score (nSPS) is 15.1. The smallest absolute Gasteiger partial charge is 0.414 e. The molecule has 0 aromatic carbocycles. The van der Waals surface area contributed by atoms with Crippen LogP contribution in [0.15, 0.2) is 17.1 Å². The molecule has 0 bridgehead atoms. The van der Waals surface area contributed by atoms with E-state index in [0.717, 1.165) is 51.5 Å². The summed E-state index contributed by atoms with van der Waals surface area (Å²) in [5.41, 5.74) is 4.91. The summed E-state index contributed by atoms with van der Waals surface area (Å²) in [5, 5.41) is 5.16. The van der Waals surface area contributed by atoms with Crippen molar-refractivity contribution < 1.29 is 42.9 Å². The number of aromatic amines is 1. The number of rotatable bonds is 15. The zero-order valence-electron chi connectivity index (χ0n) is 32.3. The fraction of sp³-hybridized carbons (Fsp3) is 0.771. The van der Waals surface area contributed by atoms with Crippen LogP contribution in [0, 0.1) is 0 Å². The highest BCUT2D eigenvalue weighted by molar-refractivity contribution is 5.89. The Labute approximate surface area is 304 Å². The van der Waals surface area contributed by atoms with E-state index in [4.69, 9.17) is 24.7 Å². The number of methoxy groups -OCH3 is 1. The Balaban J connectivity index is 0. The van der Waals surface area contributed by atoms with E-state index in [0.29, 0.717) is 51.4 Å². The minimum absolute atomic E-state index is 0.0417. The van der Waals surface area contributed by atoms with Crippen molar-refractivity contribution in [1.29, 1.82) is 0 Å². The number of H-pyrrole nitrogens is 1. The number of nitrogens with zero attached hydrogens (tertiary/aromatic N) is 2. The molecule has 1 unspecified atom stereocenters. The Hall–Kier alpha value is -3.60. The number of fused-ring (bicyclic) bond motifs is 1. The van der Waals surface area contributed by atoms with Gasteiger partial charge in [-0.3, -0.25) is 24.3 Å². The second-order valence-corrected chi connectivity index (χ2v) is 12.0. The number of nitrogens with two attached hydrogens (primary N) is 1. The van der Waals surface area contributed by atoms with E-state index in [1.165, 1.54) is 12.6 Å². The largest absolute Gasteiger partial charge is 0.460 e. The molecule has 1 atom stereocenters. The number of carbonyl (C=O) groups excluding carboxylic acids is 4. The van der Waals surface area contributed by atoms with Gasteiger partial charge >= 0.3 is 17.8 Å². The highest BCUT2D eigenvalue weighted by atomic mass is 16.7. The molecule has 3 aliphatic rings. The molecule has 3 amide bonds. The van der Waals surface area contributed by atoms with Gasteiger partial charge in [-0.25, -0.2) is 14.6 Å². The van der Waals surface area contributed by atoms with E-state index in [2.05, 4.69) is 39.2 Å². The summed E-state index contributed by atoms with van der Waals surface area (Å²) in [5.74, 6) is 0.0372. The third kappa shape index (κ3) is 28.8. The van der Waals surface area contributed by atoms with Crippen LogP contribution in [0.3, 0.4) is 0 Å². The number of nitrogens with one attached hydrogen (secondary N) is 3. The van der Waals surface area contributed by atoms with Crippen LogP contribution < -0.4 is 22.1 Å². The van der Waals surface area contributed by atoms with Gasteiger partial charge in [-0.1, -0.05) is 47.0 Å². The molecule has 51 heavy (non-hydrogen) atoms. The minimum atomic E-state index is -0.471. The van der Waals surface area contributed by atoms with Gasteiger partial charge in [0.2, 0.25) is 12.3 Å². The van der Waals surface area contributed by atoms with Crippen LogP contribution in [0.25, 0.3) is 0 Å². The molecule has 3 aliphatic heterocycles. The van der Waals surface area contributed by atoms with E-state index in [9.17, 15) is 24.0 Å². The predicted octanol–water partition coefficient (Wildman–Crippen LogP) is 4.48. The van der Waals surface area contributed by atoms with E-state index >= 15 is 0 Å². The van der Waals surface area contributed by atoms with E-state index in [1.54, 1.807) is 18.1 Å². The van der Waals surface area contributed by atoms with Crippen molar-refractivity contribution in [2.75, 3.05) is 51.9 Å². The van der Waals surface area contributed by atoms with Crippen LogP contribution in [0.1, 0.15) is 113 Å². The van der Waals surface area contributed by atoms with Crippen LogP contribution in [-0.2, 0) is 38.1 Å². The van der Waals surface area contributed by atoms with Crippen molar-refractivity contribution in [3.05, 3.63) is 22.7 Å². The summed E-state index contributed by atoms with van der Waals surface area (Å²) in [7, 11) is 1.71. The monoisotopic (exact) mass is 730 g/mol. The second kappa shape index (κ2) is 32.3. The van der Waals surface area contributed by atoms with Gasteiger partial charge in [0.05, 0.1) is 18.8 Å². The van der Waals surface area contributed by atoms with Gasteiger partial charge in [0, 0.05) is 45.7 Å². The lowest BCUT2D eigenvalue weighted by Gasteiger charge is -2.47. The van der Waals surface area contributed by atoms with Gasteiger partial charge < -0.3 is 40.1 Å². The van der Waals surface area contributed by atoms with Gasteiger partial charge in [0.25, 0.3) is 0 Å². The number of aromatic nitrogens is 2. The molecule has 1 aromatic heterocycles. The SMILES string of the molecule is CC.CCC.COC(C)(C)C.NCCCCCC(=O)Nc1ccnc(=O)[nH]1.O=C1OC2CCN12.O=CNCCCCCC(=O)OCC1OCCO1. The number of anilines is 1. The molecule has 296 valence electrons. The molecule has 5 N–H and O–H groups in total. The van der Waals surface area contributed by atoms with Crippen LogP contribution in [0.2, 0.25) is 0 Å². The first-order valence-electron chi connectivity index (χ1n) is 18.0. The van der Waals surface area contributed by atoms with Crippen LogP contribution in [-0.4, -0.2) is 104 Å². The molecule has 0 saturated carbocycles. The summed E-state index contributed by atoms with van der Waals surface area (Å²) in [4.78, 5) is 61.3. The number of hydrogen-bond acceptors (Lipinski definition) is 12. The molecular weight excluding hydrogens is 664 g/mol. The first-order valence-corrected chi connectivity index (χ1v) is 18.0. The first kappa shape index (κ1) is 49.5. The Morgan fingerprint density at radius 2 is 1.67 bits per heavy atom. The zero-order chi connectivity index (χ0) is 38.9. The molecule has 0 spiro atoms. The van der Waals surface area contributed by atoms with E-state index < -0.39 is 12.0 Å². The first-order chi connectivity index (χ1) is 24.4. The van der Waals surface area contributed by atoms with Gasteiger partial charge in [0.1, 0.15) is 12.4 Å². The molecule has 3 saturated heterocycles. The number of carbonyl (C=O) groups is 4. The average molecular weight is 731 g/mol. The Morgan fingerprint density at radius 3 is 2.12 bits per heavy atom. The molecule has 16 heteroatoms. The van der Waals surface area contributed by atoms with Gasteiger partial charge in [0.15, 0.2) is 12.5 Å². The molecule has 1 aromatic rings. The minimum Gasteiger partial charge on any atom is -0.460 e. The standard InChI is InChI=1S/C11H19NO5.C10H16N4O2.C5H12O.C4H5NO2.C3H8.C2H6/c13-9-12-5-3-1-2-4-10(14)17-8-11-15-6-7-16-11;11-6-3-1-2-4-9(15)13-8-5-7-12-10(16)14-8;1-5(2,3)6-4;6-4-5-2-1-3(5)7-4;1-3-2;1-2/h9,11H,1-8H2,(H,12,13);5,7H,1-4,6,11H2,(H2,12,13,14,15,16);1-4H3;3H,1-2H2;3H2,1-2H3;1-2H3. The molecule has 3 fully saturated rings. The van der Waals surface area contributed by atoms with E-state index in [-0.39, 0.29) is 36.4 Å². The van der Waals surface area contributed by atoms with Gasteiger partial charge in [-0.2, -0.15) is 0 Å². The number of unbranched alkanes of at least 4 members (excludes halogenated alkanes) is 4. The molecule has 16 nitrogen and oxygen atoms in total. The lowest BCUT2D eigenvalue weighted by molar-refractivity contribution is -0.156. The summed E-state index contributed by atoms with van der Waals surface area (Å²) in [6, 6.07) is 1.54. The van der Waals surface area contributed by atoms with Crippen molar-refractivity contribution in [2.24, 2.45) is 5.73 Å². The lowest BCUT2D eigenvalue weighted by Crippen LogP contribution is -2.63. The summed E-state index contributed by atoms with van der Waals surface area (Å²) in [6.45, 7) is 17.8. The van der Waals surface area contributed by atoms with Crippen molar-refractivity contribution in [2.45, 2.75) is 131 Å². The molecular formula is C35H66N6O10. The highest BCUT2D eigenvalue weighted by Gasteiger charge is 2.45. The average Bonchev–Trinajstić information content (AvgIpc) is 3.62. The topological polar surface area (TPSA) is 213 Å². The summed E-state index contributed by atoms with van der Waals surface area (Å²) < 4.78 is 24.8. The van der Waals surface area contributed by atoms with E-state index in [1.807, 2.05) is 34.6 Å². The van der Waals surface area contributed by atoms with Gasteiger partial charge in [-0.15, -0.1) is 0 Å². The maximum absolute atomic E-state index is 11.4. The van der Waals surface area contributed by atoms with Gasteiger partial charge in [-0.05, 0) is 59.1 Å². The second-order valence-electron chi connectivity index (χ2n) is 12.0. The molecule has 4 rings (SSSR count).